The number of carbonyl (C=O) groups is 1. The molecule has 0 radical (unpaired) electrons. The third kappa shape index (κ3) is 4.23. The standard InChI is InChI=1S/C13H24N2O3/c16-12-3-1-2-10(12)8-14-9-13(17)15-11-4-6-18-7-5-11/h10-12,14,16H,1-9H2,(H,15,17). The van der Waals surface area contributed by atoms with Gasteiger partial charge in [-0.1, -0.05) is 6.42 Å². The second kappa shape index (κ2) is 7.07. The molecule has 2 unspecified atom stereocenters. The fourth-order valence-corrected chi connectivity index (χ4v) is 2.75. The highest BCUT2D eigenvalue weighted by Gasteiger charge is 2.24. The number of nitrogens with one attached hydrogen (secondary N) is 2. The lowest BCUT2D eigenvalue weighted by Gasteiger charge is -2.23. The summed E-state index contributed by atoms with van der Waals surface area (Å²) in [6.07, 6.45) is 4.70. The van der Waals surface area contributed by atoms with Crippen LogP contribution in [0.1, 0.15) is 32.1 Å². The lowest BCUT2D eigenvalue weighted by atomic mass is 10.1. The fraction of sp³-hybridized carbons (Fsp3) is 0.923. The number of rotatable bonds is 5. The minimum absolute atomic E-state index is 0.0504. The lowest BCUT2D eigenvalue weighted by Crippen LogP contribution is -2.44. The normalized spacial score (nSPS) is 29.4. The first kappa shape index (κ1) is 13.8. The topological polar surface area (TPSA) is 70.6 Å². The summed E-state index contributed by atoms with van der Waals surface area (Å²) >= 11 is 0. The molecule has 104 valence electrons. The summed E-state index contributed by atoms with van der Waals surface area (Å²) in [5.41, 5.74) is 0. The highest BCUT2D eigenvalue weighted by atomic mass is 16.5. The number of aliphatic hydroxyl groups is 1. The van der Waals surface area contributed by atoms with Gasteiger partial charge >= 0.3 is 0 Å². The first-order chi connectivity index (χ1) is 8.75. The maximum atomic E-state index is 11.7. The first-order valence-corrected chi connectivity index (χ1v) is 7.01. The Morgan fingerprint density at radius 2 is 2.00 bits per heavy atom. The van der Waals surface area contributed by atoms with Crippen molar-refractivity contribution in [2.45, 2.75) is 44.2 Å². The van der Waals surface area contributed by atoms with Crippen LogP contribution in [-0.2, 0) is 9.53 Å². The smallest absolute Gasteiger partial charge is 0.234 e. The summed E-state index contributed by atoms with van der Waals surface area (Å²) in [6, 6.07) is 0.269. The van der Waals surface area contributed by atoms with Crippen molar-refractivity contribution in [1.29, 1.82) is 0 Å². The summed E-state index contributed by atoms with van der Waals surface area (Å²) in [4.78, 5) is 11.7. The third-order valence-corrected chi connectivity index (χ3v) is 3.90. The molecule has 2 atom stereocenters. The molecule has 0 spiro atoms. The van der Waals surface area contributed by atoms with Crippen molar-refractivity contribution in [2.24, 2.45) is 5.92 Å². The van der Waals surface area contributed by atoms with Crippen LogP contribution in [0.5, 0.6) is 0 Å². The van der Waals surface area contributed by atoms with Gasteiger partial charge < -0.3 is 20.5 Å². The molecule has 1 heterocycles. The van der Waals surface area contributed by atoms with Crippen LogP contribution < -0.4 is 10.6 Å². The van der Waals surface area contributed by atoms with Gasteiger partial charge in [-0.3, -0.25) is 4.79 Å². The third-order valence-electron chi connectivity index (χ3n) is 3.90. The SMILES string of the molecule is O=C(CNCC1CCCC1O)NC1CCOCC1. The minimum Gasteiger partial charge on any atom is -0.393 e. The maximum Gasteiger partial charge on any atom is 0.234 e. The zero-order chi connectivity index (χ0) is 12.8. The van der Waals surface area contributed by atoms with E-state index in [4.69, 9.17) is 4.74 Å². The summed E-state index contributed by atoms with van der Waals surface area (Å²) < 4.78 is 5.25. The average molecular weight is 256 g/mol. The molecule has 5 heteroatoms. The van der Waals surface area contributed by atoms with Crippen molar-refractivity contribution < 1.29 is 14.6 Å². The number of hydrogen-bond acceptors (Lipinski definition) is 4. The minimum atomic E-state index is -0.184. The van der Waals surface area contributed by atoms with Crippen molar-refractivity contribution in [2.75, 3.05) is 26.3 Å². The Kier molecular flexibility index (Phi) is 5.41. The van der Waals surface area contributed by atoms with Crippen LogP contribution in [0.2, 0.25) is 0 Å². The summed E-state index contributed by atoms with van der Waals surface area (Å²) in [7, 11) is 0. The Balaban J connectivity index is 1.56. The van der Waals surface area contributed by atoms with Crippen LogP contribution in [0, 0.1) is 5.92 Å². The average Bonchev–Trinajstić information content (AvgIpc) is 2.76. The van der Waals surface area contributed by atoms with E-state index in [-0.39, 0.29) is 18.1 Å². The van der Waals surface area contributed by atoms with Crippen LogP contribution in [0.25, 0.3) is 0 Å². The van der Waals surface area contributed by atoms with Gasteiger partial charge in [0.1, 0.15) is 0 Å². The van der Waals surface area contributed by atoms with E-state index in [1.165, 1.54) is 0 Å². The molecule has 1 amide bonds. The number of hydrogen-bond donors (Lipinski definition) is 3. The predicted octanol–water partition coefficient (Wildman–Crippen LogP) is 0.0322. The molecule has 5 nitrogen and oxygen atoms in total. The van der Waals surface area contributed by atoms with Gasteiger partial charge in [0.15, 0.2) is 0 Å². The Labute approximate surface area is 108 Å². The number of amides is 1. The number of ether oxygens (including phenoxy) is 1. The Bertz CT molecular complexity index is 267. The Hall–Kier alpha value is -0.650. The van der Waals surface area contributed by atoms with E-state index >= 15 is 0 Å². The molecule has 1 aliphatic heterocycles. The zero-order valence-electron chi connectivity index (χ0n) is 10.9. The zero-order valence-corrected chi connectivity index (χ0v) is 10.9. The molecule has 3 N–H and O–H groups in total. The molecule has 2 aliphatic rings. The molecule has 1 saturated heterocycles. The van der Waals surface area contributed by atoms with Crippen LogP contribution in [0.4, 0.5) is 0 Å². The van der Waals surface area contributed by atoms with Crippen LogP contribution in [0.3, 0.4) is 0 Å². The van der Waals surface area contributed by atoms with Crippen LogP contribution in [0.15, 0.2) is 0 Å². The molecular formula is C13H24N2O3. The molecular weight excluding hydrogens is 232 g/mol. The van der Waals surface area contributed by atoms with Crippen LogP contribution in [-0.4, -0.2) is 49.5 Å². The highest BCUT2D eigenvalue weighted by molar-refractivity contribution is 5.78. The molecule has 0 bridgehead atoms. The largest absolute Gasteiger partial charge is 0.393 e. The molecule has 0 aromatic rings. The van der Waals surface area contributed by atoms with Gasteiger partial charge in [0.2, 0.25) is 5.91 Å². The monoisotopic (exact) mass is 256 g/mol. The van der Waals surface area contributed by atoms with E-state index in [0.29, 0.717) is 12.5 Å². The van der Waals surface area contributed by atoms with Crippen LogP contribution >= 0.6 is 0 Å². The van der Waals surface area contributed by atoms with Gasteiger partial charge in [-0.2, -0.15) is 0 Å². The van der Waals surface area contributed by atoms with Crippen molar-refractivity contribution in [3.8, 4) is 0 Å². The summed E-state index contributed by atoms with van der Waals surface area (Å²) in [5.74, 6) is 0.371. The Morgan fingerprint density at radius 3 is 2.67 bits per heavy atom. The molecule has 18 heavy (non-hydrogen) atoms. The van der Waals surface area contributed by atoms with E-state index in [0.717, 1.165) is 51.9 Å². The molecule has 0 aromatic heterocycles. The van der Waals surface area contributed by atoms with Gasteiger partial charge in [-0.05, 0) is 31.6 Å². The molecule has 1 saturated carbocycles. The fourth-order valence-electron chi connectivity index (χ4n) is 2.75. The quantitative estimate of drug-likeness (QED) is 0.649. The highest BCUT2D eigenvalue weighted by Crippen LogP contribution is 2.24. The van der Waals surface area contributed by atoms with Gasteiger partial charge in [0.05, 0.1) is 12.6 Å². The van der Waals surface area contributed by atoms with Gasteiger partial charge in [-0.25, -0.2) is 0 Å². The number of aliphatic hydroxyl groups excluding tert-OH is 1. The van der Waals surface area contributed by atoms with Gasteiger partial charge in [0.25, 0.3) is 0 Å². The van der Waals surface area contributed by atoms with Crippen molar-refractivity contribution >= 4 is 5.91 Å². The van der Waals surface area contributed by atoms with Gasteiger partial charge in [0, 0.05) is 25.8 Å². The summed E-state index contributed by atoms with van der Waals surface area (Å²) in [5, 5.41) is 15.8. The second-order valence-corrected chi connectivity index (χ2v) is 5.34. The van der Waals surface area contributed by atoms with E-state index in [2.05, 4.69) is 10.6 Å². The Morgan fingerprint density at radius 1 is 1.22 bits per heavy atom. The van der Waals surface area contributed by atoms with Gasteiger partial charge in [-0.15, -0.1) is 0 Å². The molecule has 1 aliphatic carbocycles. The second-order valence-electron chi connectivity index (χ2n) is 5.34. The van der Waals surface area contributed by atoms with E-state index in [1.54, 1.807) is 0 Å². The first-order valence-electron chi connectivity index (χ1n) is 7.01. The van der Waals surface area contributed by atoms with E-state index < -0.39 is 0 Å². The van der Waals surface area contributed by atoms with Crippen molar-refractivity contribution in [3.63, 3.8) is 0 Å². The number of carbonyl (C=O) groups excluding carboxylic acids is 1. The summed E-state index contributed by atoms with van der Waals surface area (Å²) in [6.45, 7) is 2.57. The van der Waals surface area contributed by atoms with E-state index in [9.17, 15) is 9.90 Å². The predicted molar refractivity (Wildman–Crippen MR) is 68.2 cm³/mol. The van der Waals surface area contributed by atoms with E-state index in [1.807, 2.05) is 0 Å². The van der Waals surface area contributed by atoms with Crippen molar-refractivity contribution in [3.05, 3.63) is 0 Å². The molecule has 0 aromatic carbocycles. The molecule has 2 fully saturated rings. The molecule has 2 rings (SSSR count). The van der Waals surface area contributed by atoms with Crippen molar-refractivity contribution in [1.82, 2.24) is 10.6 Å². The lowest BCUT2D eigenvalue weighted by molar-refractivity contribution is -0.121. The maximum absolute atomic E-state index is 11.7.